The molecule has 0 saturated heterocycles. The summed E-state index contributed by atoms with van der Waals surface area (Å²) in [5, 5.41) is 1.76. The lowest BCUT2D eigenvalue weighted by atomic mass is 10.1. The lowest BCUT2D eigenvalue weighted by Gasteiger charge is -2.19. The summed E-state index contributed by atoms with van der Waals surface area (Å²) in [5.74, 6) is 0.523. The zero-order valence-corrected chi connectivity index (χ0v) is 15.0. The third kappa shape index (κ3) is 2.61. The Kier molecular flexibility index (Phi) is 3.82. The third-order valence-electron chi connectivity index (χ3n) is 3.96. The van der Waals surface area contributed by atoms with Crippen molar-refractivity contribution in [3.63, 3.8) is 0 Å². The van der Waals surface area contributed by atoms with E-state index in [9.17, 15) is 8.42 Å². The minimum Gasteiger partial charge on any atom is -0.285 e. The quantitative estimate of drug-likeness (QED) is 0.548. The molecule has 7 heteroatoms. The van der Waals surface area contributed by atoms with Crippen LogP contribution in [0.25, 0.3) is 16.9 Å². The number of anilines is 1. The van der Waals surface area contributed by atoms with Gasteiger partial charge in [-0.2, -0.15) is 0 Å². The number of hydrogen-bond acceptors (Lipinski definition) is 4. The average molecular weight is 369 g/mol. The first-order valence-corrected chi connectivity index (χ1v) is 9.96. The molecule has 0 amide bonds. The van der Waals surface area contributed by atoms with Gasteiger partial charge in [0.25, 0.3) is 10.0 Å². The Balaban J connectivity index is 1.97. The van der Waals surface area contributed by atoms with Crippen LogP contribution in [0.15, 0.2) is 76.4 Å². The van der Waals surface area contributed by atoms with Crippen LogP contribution in [0.4, 0.5) is 5.82 Å². The second-order valence-corrected chi connectivity index (χ2v) is 8.63. The first-order chi connectivity index (χ1) is 12.1. The minimum atomic E-state index is -3.65. The van der Waals surface area contributed by atoms with Crippen molar-refractivity contribution >= 4 is 32.8 Å². The molecule has 0 unspecified atom stereocenters. The molecular formula is C18H15N3O2S2. The second kappa shape index (κ2) is 6.02. The van der Waals surface area contributed by atoms with Crippen molar-refractivity contribution in [2.24, 2.45) is 0 Å². The van der Waals surface area contributed by atoms with E-state index < -0.39 is 10.0 Å². The van der Waals surface area contributed by atoms with Crippen molar-refractivity contribution in [1.29, 1.82) is 0 Å². The molecule has 0 aliphatic heterocycles. The van der Waals surface area contributed by atoms with E-state index in [1.165, 1.54) is 15.6 Å². The molecule has 126 valence electrons. The smallest absolute Gasteiger partial charge is 0.274 e. The molecule has 4 aromatic rings. The van der Waals surface area contributed by atoms with E-state index in [0.717, 1.165) is 5.56 Å². The molecule has 25 heavy (non-hydrogen) atoms. The summed E-state index contributed by atoms with van der Waals surface area (Å²) >= 11 is 1.20. The molecular weight excluding hydrogens is 354 g/mol. The van der Waals surface area contributed by atoms with Crippen LogP contribution in [0.3, 0.4) is 0 Å². The first-order valence-electron chi connectivity index (χ1n) is 7.64. The molecule has 0 radical (unpaired) electrons. The summed E-state index contributed by atoms with van der Waals surface area (Å²) < 4.78 is 29.4. The molecule has 0 bridgehead atoms. The summed E-state index contributed by atoms with van der Waals surface area (Å²) in [6.07, 6.45) is 1.82. The highest BCUT2D eigenvalue weighted by Gasteiger charge is 2.28. The maximum atomic E-state index is 13.0. The topological polar surface area (TPSA) is 54.7 Å². The van der Waals surface area contributed by atoms with Gasteiger partial charge in [-0.1, -0.05) is 42.5 Å². The van der Waals surface area contributed by atoms with Crippen molar-refractivity contribution in [2.45, 2.75) is 4.21 Å². The van der Waals surface area contributed by atoms with Crippen LogP contribution in [0, 0.1) is 0 Å². The van der Waals surface area contributed by atoms with Gasteiger partial charge in [-0.15, -0.1) is 11.3 Å². The molecule has 1 aromatic carbocycles. The van der Waals surface area contributed by atoms with Crippen LogP contribution in [0.5, 0.6) is 0 Å². The van der Waals surface area contributed by atoms with E-state index in [1.54, 1.807) is 29.0 Å². The number of benzene rings is 1. The lowest BCUT2D eigenvalue weighted by molar-refractivity contribution is 0.596. The number of fused-ring (bicyclic) bond motifs is 1. The van der Waals surface area contributed by atoms with Crippen LogP contribution < -0.4 is 4.31 Å². The van der Waals surface area contributed by atoms with Crippen LogP contribution in [0.2, 0.25) is 0 Å². The Labute approximate surface area is 149 Å². The Morgan fingerprint density at radius 2 is 1.76 bits per heavy atom. The highest BCUT2D eigenvalue weighted by molar-refractivity contribution is 7.94. The standard InChI is InChI=1S/C18H15N3O2S2/c1-20(25(22,23)16-11-7-13-24-16)18-17(14-8-3-2-4-9-14)19-15-10-5-6-12-21(15)18/h2-13H,1H3. The van der Waals surface area contributed by atoms with Gasteiger partial charge >= 0.3 is 0 Å². The predicted molar refractivity (Wildman–Crippen MR) is 101 cm³/mol. The number of rotatable bonds is 4. The third-order valence-corrected chi connectivity index (χ3v) is 7.08. The zero-order valence-electron chi connectivity index (χ0n) is 13.4. The summed E-state index contributed by atoms with van der Waals surface area (Å²) in [6.45, 7) is 0. The number of thiophene rings is 1. The Morgan fingerprint density at radius 1 is 1.00 bits per heavy atom. The van der Waals surface area contributed by atoms with Crippen molar-refractivity contribution < 1.29 is 8.42 Å². The molecule has 5 nitrogen and oxygen atoms in total. The van der Waals surface area contributed by atoms with Crippen LogP contribution >= 0.6 is 11.3 Å². The highest BCUT2D eigenvalue weighted by atomic mass is 32.2. The molecule has 0 saturated carbocycles. The summed E-state index contributed by atoms with van der Waals surface area (Å²) in [5.41, 5.74) is 2.20. The molecule has 0 fully saturated rings. The highest BCUT2D eigenvalue weighted by Crippen LogP contribution is 2.34. The number of hydrogen-bond donors (Lipinski definition) is 0. The van der Waals surface area contributed by atoms with Gasteiger partial charge in [-0.05, 0) is 23.6 Å². The van der Waals surface area contributed by atoms with Crippen molar-refractivity contribution in [3.05, 3.63) is 72.2 Å². The van der Waals surface area contributed by atoms with Gasteiger partial charge in [0.2, 0.25) is 0 Å². The molecule has 0 N–H and O–H groups in total. The van der Waals surface area contributed by atoms with E-state index in [1.807, 2.05) is 54.7 Å². The first kappa shape index (κ1) is 15.9. The fraction of sp³-hybridized carbons (Fsp3) is 0.0556. The molecule has 4 rings (SSSR count). The number of sulfonamides is 1. The fourth-order valence-corrected chi connectivity index (χ4v) is 5.09. The zero-order chi connectivity index (χ0) is 17.4. The number of imidazole rings is 1. The Morgan fingerprint density at radius 3 is 2.48 bits per heavy atom. The Bertz CT molecular complexity index is 1120. The SMILES string of the molecule is CN(c1c(-c2ccccc2)nc2ccccn12)S(=O)(=O)c1cccs1. The number of nitrogens with zero attached hydrogens (tertiary/aromatic N) is 3. The van der Waals surface area contributed by atoms with Gasteiger partial charge in [0.1, 0.15) is 15.6 Å². The second-order valence-electron chi connectivity index (χ2n) is 5.48. The van der Waals surface area contributed by atoms with Crippen LogP contribution in [-0.2, 0) is 10.0 Å². The van der Waals surface area contributed by atoms with Gasteiger partial charge in [-0.25, -0.2) is 13.4 Å². The van der Waals surface area contributed by atoms with Gasteiger partial charge in [0.15, 0.2) is 5.82 Å². The van der Waals surface area contributed by atoms with E-state index in [0.29, 0.717) is 21.4 Å². The maximum absolute atomic E-state index is 13.0. The van der Waals surface area contributed by atoms with Crippen molar-refractivity contribution in [1.82, 2.24) is 9.38 Å². The monoisotopic (exact) mass is 369 g/mol. The Hall–Kier alpha value is -2.64. The largest absolute Gasteiger partial charge is 0.285 e. The predicted octanol–water partition coefficient (Wildman–Crippen LogP) is 3.89. The van der Waals surface area contributed by atoms with Gasteiger partial charge in [0, 0.05) is 18.8 Å². The van der Waals surface area contributed by atoms with E-state index in [-0.39, 0.29) is 0 Å². The number of aromatic nitrogens is 2. The molecule has 3 heterocycles. The summed E-state index contributed by atoms with van der Waals surface area (Å²) in [7, 11) is -2.08. The maximum Gasteiger partial charge on any atom is 0.274 e. The average Bonchev–Trinajstić information content (AvgIpc) is 3.30. The molecule has 0 atom stereocenters. The van der Waals surface area contributed by atoms with Crippen molar-refractivity contribution in [3.8, 4) is 11.3 Å². The van der Waals surface area contributed by atoms with Gasteiger partial charge in [-0.3, -0.25) is 8.71 Å². The number of pyridine rings is 1. The minimum absolute atomic E-state index is 0.305. The molecule has 3 aromatic heterocycles. The molecule has 0 spiro atoms. The summed E-state index contributed by atoms with van der Waals surface area (Å²) in [6, 6.07) is 18.6. The molecule has 0 aliphatic rings. The fourth-order valence-electron chi connectivity index (χ4n) is 2.73. The van der Waals surface area contributed by atoms with Gasteiger partial charge < -0.3 is 0 Å². The van der Waals surface area contributed by atoms with Crippen LogP contribution in [0.1, 0.15) is 0 Å². The van der Waals surface area contributed by atoms with E-state index >= 15 is 0 Å². The van der Waals surface area contributed by atoms with Gasteiger partial charge in [0.05, 0.1) is 0 Å². The van der Waals surface area contributed by atoms with E-state index in [2.05, 4.69) is 4.98 Å². The van der Waals surface area contributed by atoms with Crippen LogP contribution in [-0.4, -0.2) is 24.9 Å². The molecule has 0 aliphatic carbocycles. The van der Waals surface area contributed by atoms with Crippen molar-refractivity contribution in [2.75, 3.05) is 11.4 Å². The lowest BCUT2D eigenvalue weighted by Crippen LogP contribution is -2.27. The van der Waals surface area contributed by atoms with E-state index in [4.69, 9.17) is 0 Å². The normalized spacial score (nSPS) is 11.7. The summed E-state index contributed by atoms with van der Waals surface area (Å²) in [4.78, 5) is 4.66.